The molecule has 4 heteroatoms. The van der Waals surface area contributed by atoms with Crippen LogP contribution >= 0.6 is 15.9 Å². The molecule has 0 aromatic heterocycles. The fraction of sp³-hybridized carbons (Fsp3) is 0.294. The highest BCUT2D eigenvalue weighted by atomic mass is 79.9. The van der Waals surface area contributed by atoms with E-state index in [2.05, 4.69) is 33.4 Å². The van der Waals surface area contributed by atoms with E-state index < -0.39 is 0 Å². The minimum atomic E-state index is 0.0180. The summed E-state index contributed by atoms with van der Waals surface area (Å²) in [5.41, 5.74) is 2.08. The highest BCUT2D eigenvalue weighted by Crippen LogP contribution is 2.31. The lowest BCUT2D eigenvalue weighted by atomic mass is 10.2. The first kappa shape index (κ1) is 14.6. The number of halogens is 1. The second kappa shape index (κ2) is 6.60. The van der Waals surface area contributed by atoms with Crippen LogP contribution in [-0.4, -0.2) is 11.1 Å². The van der Waals surface area contributed by atoms with E-state index in [4.69, 9.17) is 9.84 Å². The monoisotopic (exact) mass is 347 g/mol. The van der Waals surface area contributed by atoms with Gasteiger partial charge in [-0.2, -0.15) is 0 Å². The second-order valence-electron chi connectivity index (χ2n) is 5.33. The molecule has 0 spiro atoms. The third-order valence-electron chi connectivity index (χ3n) is 3.48. The maximum absolute atomic E-state index is 9.16. The predicted octanol–water partition coefficient (Wildman–Crippen LogP) is 3.99. The second-order valence-corrected chi connectivity index (χ2v) is 6.18. The average molecular weight is 348 g/mol. The molecule has 1 aliphatic carbocycles. The Labute approximate surface area is 133 Å². The van der Waals surface area contributed by atoms with Crippen molar-refractivity contribution in [1.29, 1.82) is 0 Å². The number of ether oxygens (including phenoxy) is 1. The number of benzene rings is 2. The topological polar surface area (TPSA) is 41.5 Å². The fourth-order valence-electron chi connectivity index (χ4n) is 2.12. The van der Waals surface area contributed by atoms with Crippen molar-refractivity contribution in [1.82, 2.24) is 5.32 Å². The van der Waals surface area contributed by atoms with E-state index in [1.54, 1.807) is 0 Å². The van der Waals surface area contributed by atoms with Gasteiger partial charge >= 0.3 is 0 Å². The molecule has 0 saturated heterocycles. The summed E-state index contributed by atoms with van der Waals surface area (Å²) in [4.78, 5) is 0. The van der Waals surface area contributed by atoms with Crippen LogP contribution in [0.5, 0.6) is 11.5 Å². The molecule has 3 nitrogen and oxygen atoms in total. The molecule has 110 valence electrons. The van der Waals surface area contributed by atoms with Gasteiger partial charge in [0.2, 0.25) is 0 Å². The van der Waals surface area contributed by atoms with Gasteiger partial charge in [0, 0.05) is 12.6 Å². The number of hydrogen-bond donors (Lipinski definition) is 2. The number of hydrogen-bond acceptors (Lipinski definition) is 3. The minimum Gasteiger partial charge on any atom is -0.456 e. The largest absolute Gasteiger partial charge is 0.456 e. The number of aliphatic hydroxyl groups is 1. The van der Waals surface area contributed by atoms with Gasteiger partial charge < -0.3 is 15.2 Å². The van der Waals surface area contributed by atoms with E-state index in [1.165, 1.54) is 18.4 Å². The molecule has 0 heterocycles. The summed E-state index contributed by atoms with van der Waals surface area (Å²) in [6.45, 7) is 0.910. The predicted molar refractivity (Wildman–Crippen MR) is 86.4 cm³/mol. The van der Waals surface area contributed by atoms with Gasteiger partial charge in [0.15, 0.2) is 0 Å². The summed E-state index contributed by atoms with van der Waals surface area (Å²) in [6.07, 6.45) is 2.59. The Kier molecular flexibility index (Phi) is 4.58. The Morgan fingerprint density at radius 3 is 2.71 bits per heavy atom. The lowest BCUT2D eigenvalue weighted by Gasteiger charge is -2.10. The van der Waals surface area contributed by atoms with Gasteiger partial charge in [-0.1, -0.05) is 18.2 Å². The lowest BCUT2D eigenvalue weighted by Crippen LogP contribution is -2.15. The molecular formula is C17H18BrNO2. The van der Waals surface area contributed by atoms with Gasteiger partial charge in [0.1, 0.15) is 11.5 Å². The van der Waals surface area contributed by atoms with E-state index in [1.807, 2.05) is 30.3 Å². The lowest BCUT2D eigenvalue weighted by molar-refractivity contribution is 0.281. The standard InChI is InChI=1S/C17H18BrNO2/c18-16-9-12(10-19-14-5-6-14)4-7-17(16)21-15-3-1-2-13(8-15)11-20/h1-4,7-9,14,19-20H,5-6,10-11H2. The highest BCUT2D eigenvalue weighted by molar-refractivity contribution is 9.10. The molecule has 0 aliphatic heterocycles. The van der Waals surface area contributed by atoms with Crippen LogP contribution in [0.25, 0.3) is 0 Å². The summed E-state index contributed by atoms with van der Waals surface area (Å²) in [7, 11) is 0. The molecule has 2 aromatic rings. The van der Waals surface area contributed by atoms with Crippen LogP contribution in [0.3, 0.4) is 0 Å². The average Bonchev–Trinajstić information content (AvgIpc) is 3.32. The molecule has 0 atom stereocenters. The van der Waals surface area contributed by atoms with Crippen molar-refractivity contribution in [3.05, 3.63) is 58.1 Å². The zero-order valence-corrected chi connectivity index (χ0v) is 13.3. The summed E-state index contributed by atoms with van der Waals surface area (Å²) in [5.74, 6) is 1.51. The Balaban J connectivity index is 1.69. The van der Waals surface area contributed by atoms with Crippen molar-refractivity contribution in [2.75, 3.05) is 0 Å². The third kappa shape index (κ3) is 4.06. The van der Waals surface area contributed by atoms with E-state index >= 15 is 0 Å². The third-order valence-corrected chi connectivity index (χ3v) is 4.10. The summed E-state index contributed by atoms with van der Waals surface area (Å²) in [5, 5.41) is 12.7. The smallest absolute Gasteiger partial charge is 0.141 e. The molecule has 1 saturated carbocycles. The Morgan fingerprint density at radius 1 is 1.14 bits per heavy atom. The van der Waals surface area contributed by atoms with Crippen LogP contribution < -0.4 is 10.1 Å². The first-order chi connectivity index (χ1) is 10.2. The quantitative estimate of drug-likeness (QED) is 0.830. The first-order valence-corrected chi connectivity index (χ1v) is 7.93. The molecule has 21 heavy (non-hydrogen) atoms. The normalized spacial score (nSPS) is 14.2. The number of nitrogens with one attached hydrogen (secondary N) is 1. The van der Waals surface area contributed by atoms with Crippen molar-refractivity contribution in [2.45, 2.75) is 32.0 Å². The zero-order valence-electron chi connectivity index (χ0n) is 11.7. The van der Waals surface area contributed by atoms with E-state index in [0.29, 0.717) is 6.04 Å². The molecule has 2 N–H and O–H groups in total. The van der Waals surface area contributed by atoms with Crippen LogP contribution in [0, 0.1) is 0 Å². The molecular weight excluding hydrogens is 330 g/mol. The molecule has 2 aromatic carbocycles. The number of rotatable bonds is 6. The summed E-state index contributed by atoms with van der Waals surface area (Å²) >= 11 is 3.56. The Morgan fingerprint density at radius 2 is 2.00 bits per heavy atom. The van der Waals surface area contributed by atoms with Crippen molar-refractivity contribution in [3.8, 4) is 11.5 Å². The zero-order chi connectivity index (χ0) is 14.7. The first-order valence-electron chi connectivity index (χ1n) is 7.14. The maximum Gasteiger partial charge on any atom is 0.141 e. The van der Waals surface area contributed by atoms with E-state index in [9.17, 15) is 0 Å². The molecule has 0 amide bonds. The van der Waals surface area contributed by atoms with Crippen LogP contribution in [0.2, 0.25) is 0 Å². The van der Waals surface area contributed by atoms with Crippen molar-refractivity contribution >= 4 is 15.9 Å². The van der Waals surface area contributed by atoms with Gasteiger partial charge in [-0.3, -0.25) is 0 Å². The fourth-order valence-corrected chi connectivity index (χ4v) is 2.63. The molecule has 0 unspecified atom stereocenters. The Hall–Kier alpha value is -1.36. The van der Waals surface area contributed by atoms with Gasteiger partial charge in [0.25, 0.3) is 0 Å². The van der Waals surface area contributed by atoms with Crippen LogP contribution in [-0.2, 0) is 13.2 Å². The summed E-state index contributed by atoms with van der Waals surface area (Å²) < 4.78 is 6.80. The number of aliphatic hydroxyl groups excluding tert-OH is 1. The Bertz CT molecular complexity index is 626. The van der Waals surface area contributed by atoms with Gasteiger partial charge in [-0.25, -0.2) is 0 Å². The van der Waals surface area contributed by atoms with Gasteiger partial charge in [-0.05, 0) is 64.2 Å². The summed E-state index contributed by atoms with van der Waals surface area (Å²) in [6, 6.07) is 14.3. The minimum absolute atomic E-state index is 0.0180. The van der Waals surface area contributed by atoms with Crippen molar-refractivity contribution in [3.63, 3.8) is 0 Å². The van der Waals surface area contributed by atoms with Gasteiger partial charge in [-0.15, -0.1) is 0 Å². The van der Waals surface area contributed by atoms with Gasteiger partial charge in [0.05, 0.1) is 11.1 Å². The van der Waals surface area contributed by atoms with E-state index in [0.717, 1.165) is 28.1 Å². The molecule has 0 bridgehead atoms. The van der Waals surface area contributed by atoms with Crippen LogP contribution in [0.15, 0.2) is 46.9 Å². The molecule has 1 fully saturated rings. The van der Waals surface area contributed by atoms with Crippen LogP contribution in [0.1, 0.15) is 24.0 Å². The van der Waals surface area contributed by atoms with Crippen LogP contribution in [0.4, 0.5) is 0 Å². The molecule has 1 aliphatic rings. The van der Waals surface area contributed by atoms with Crippen molar-refractivity contribution in [2.24, 2.45) is 0 Å². The molecule has 0 radical (unpaired) electrons. The molecule has 3 rings (SSSR count). The highest BCUT2D eigenvalue weighted by Gasteiger charge is 2.20. The van der Waals surface area contributed by atoms with E-state index in [-0.39, 0.29) is 6.61 Å². The SMILES string of the molecule is OCc1cccc(Oc2ccc(CNC3CC3)cc2Br)c1. The maximum atomic E-state index is 9.16. The van der Waals surface area contributed by atoms with Crippen molar-refractivity contribution < 1.29 is 9.84 Å².